The van der Waals surface area contributed by atoms with Gasteiger partial charge in [0.15, 0.2) is 0 Å². The van der Waals surface area contributed by atoms with Crippen molar-refractivity contribution in [3.05, 3.63) is 77.9 Å². The van der Waals surface area contributed by atoms with Crippen molar-refractivity contribution in [2.24, 2.45) is 0 Å². The fourth-order valence-corrected chi connectivity index (χ4v) is 2.23. The predicted molar refractivity (Wildman–Crippen MR) is 90.2 cm³/mol. The molecule has 3 rings (SSSR count). The first-order valence-corrected chi connectivity index (χ1v) is 7.34. The van der Waals surface area contributed by atoms with Crippen LogP contribution >= 0.6 is 0 Å². The van der Waals surface area contributed by atoms with E-state index in [0.29, 0.717) is 23.9 Å². The van der Waals surface area contributed by atoms with Gasteiger partial charge in [-0.3, -0.25) is 0 Å². The summed E-state index contributed by atoms with van der Waals surface area (Å²) in [5, 5.41) is 6.34. The van der Waals surface area contributed by atoms with Gasteiger partial charge in [0.2, 0.25) is 0 Å². The highest BCUT2D eigenvalue weighted by atomic mass is 19.1. The molecule has 0 saturated heterocycles. The van der Waals surface area contributed by atoms with E-state index in [0.717, 1.165) is 0 Å². The number of rotatable bonds is 5. The van der Waals surface area contributed by atoms with Crippen LogP contribution in [0.25, 0.3) is 0 Å². The van der Waals surface area contributed by atoms with Gasteiger partial charge in [-0.25, -0.2) is 14.4 Å². The minimum Gasteiger partial charge on any atom is -0.366 e. The largest absolute Gasteiger partial charge is 0.366 e. The molecule has 0 amide bonds. The van der Waals surface area contributed by atoms with E-state index in [4.69, 9.17) is 0 Å². The molecule has 1 aromatic heterocycles. The molecule has 3 aromatic rings. The second-order valence-corrected chi connectivity index (χ2v) is 5.20. The standard InChI is InChI=1S/C18H17FN4/c1-13-5-2-3-6-14(13)11-20-17-10-18(22-12-21-17)23-16-8-4-7-15(19)9-16/h2-10,12H,11H2,1H3,(H2,20,21,22,23). The average molecular weight is 308 g/mol. The third-order valence-corrected chi connectivity index (χ3v) is 3.49. The molecule has 0 bridgehead atoms. The second kappa shape index (κ2) is 6.87. The van der Waals surface area contributed by atoms with Crippen LogP contribution in [0, 0.1) is 12.7 Å². The maximum absolute atomic E-state index is 13.2. The first kappa shape index (κ1) is 15.0. The summed E-state index contributed by atoms with van der Waals surface area (Å²) in [5.41, 5.74) is 3.09. The number of aromatic nitrogens is 2. The van der Waals surface area contributed by atoms with Crippen molar-refractivity contribution < 1.29 is 4.39 Å². The van der Waals surface area contributed by atoms with Gasteiger partial charge in [0.25, 0.3) is 0 Å². The van der Waals surface area contributed by atoms with Crippen LogP contribution < -0.4 is 10.6 Å². The van der Waals surface area contributed by atoms with Crippen LogP contribution in [-0.4, -0.2) is 9.97 Å². The van der Waals surface area contributed by atoms with Gasteiger partial charge in [-0.15, -0.1) is 0 Å². The van der Waals surface area contributed by atoms with Crippen LogP contribution in [0.4, 0.5) is 21.7 Å². The van der Waals surface area contributed by atoms with E-state index < -0.39 is 0 Å². The molecule has 0 fully saturated rings. The van der Waals surface area contributed by atoms with Crippen molar-refractivity contribution in [1.29, 1.82) is 0 Å². The Labute approximate surface area is 134 Å². The molecule has 0 atom stereocenters. The minimum absolute atomic E-state index is 0.290. The molecule has 0 aliphatic carbocycles. The van der Waals surface area contributed by atoms with Crippen LogP contribution in [0.5, 0.6) is 0 Å². The summed E-state index contributed by atoms with van der Waals surface area (Å²) in [5.74, 6) is 1.03. The highest BCUT2D eigenvalue weighted by Gasteiger charge is 2.02. The monoisotopic (exact) mass is 308 g/mol. The Balaban J connectivity index is 1.69. The van der Waals surface area contributed by atoms with E-state index in [1.54, 1.807) is 18.2 Å². The Kier molecular flexibility index (Phi) is 4.47. The van der Waals surface area contributed by atoms with Gasteiger partial charge in [0.05, 0.1) is 0 Å². The van der Waals surface area contributed by atoms with Gasteiger partial charge in [-0.2, -0.15) is 0 Å². The fraction of sp³-hybridized carbons (Fsp3) is 0.111. The van der Waals surface area contributed by atoms with Crippen LogP contribution in [0.1, 0.15) is 11.1 Å². The molecule has 23 heavy (non-hydrogen) atoms. The summed E-state index contributed by atoms with van der Waals surface area (Å²) < 4.78 is 13.2. The zero-order valence-corrected chi connectivity index (χ0v) is 12.8. The fourth-order valence-electron chi connectivity index (χ4n) is 2.23. The van der Waals surface area contributed by atoms with Gasteiger partial charge in [-0.05, 0) is 36.2 Å². The minimum atomic E-state index is -0.290. The highest BCUT2D eigenvalue weighted by Crippen LogP contribution is 2.17. The van der Waals surface area contributed by atoms with Gasteiger partial charge >= 0.3 is 0 Å². The SMILES string of the molecule is Cc1ccccc1CNc1cc(Nc2cccc(F)c2)ncn1. The number of hydrogen-bond acceptors (Lipinski definition) is 4. The van der Waals surface area contributed by atoms with Crippen molar-refractivity contribution in [3.63, 3.8) is 0 Å². The Morgan fingerprint density at radius 3 is 2.61 bits per heavy atom. The Morgan fingerprint density at radius 2 is 1.78 bits per heavy atom. The van der Waals surface area contributed by atoms with Gasteiger partial charge in [0, 0.05) is 18.3 Å². The van der Waals surface area contributed by atoms with Crippen LogP contribution in [-0.2, 0) is 6.54 Å². The van der Waals surface area contributed by atoms with Gasteiger partial charge in [0.1, 0.15) is 23.8 Å². The zero-order chi connectivity index (χ0) is 16.1. The average Bonchev–Trinajstić information content (AvgIpc) is 2.54. The number of anilines is 3. The number of nitrogens with zero attached hydrogens (tertiary/aromatic N) is 2. The lowest BCUT2D eigenvalue weighted by Crippen LogP contribution is -2.04. The predicted octanol–water partition coefficient (Wildman–Crippen LogP) is 4.28. The van der Waals surface area contributed by atoms with Crippen LogP contribution in [0.3, 0.4) is 0 Å². The lowest BCUT2D eigenvalue weighted by Gasteiger charge is -2.10. The van der Waals surface area contributed by atoms with E-state index in [9.17, 15) is 4.39 Å². The first-order valence-electron chi connectivity index (χ1n) is 7.34. The lowest BCUT2D eigenvalue weighted by molar-refractivity contribution is 0.628. The Bertz CT molecular complexity index is 804. The van der Waals surface area contributed by atoms with Crippen molar-refractivity contribution in [3.8, 4) is 0 Å². The summed E-state index contributed by atoms with van der Waals surface area (Å²) in [6.45, 7) is 2.76. The summed E-state index contributed by atoms with van der Waals surface area (Å²) in [6.07, 6.45) is 1.47. The number of hydrogen-bond donors (Lipinski definition) is 2. The smallest absolute Gasteiger partial charge is 0.135 e. The van der Waals surface area contributed by atoms with Gasteiger partial charge in [-0.1, -0.05) is 30.3 Å². The van der Waals surface area contributed by atoms with Crippen LogP contribution in [0.2, 0.25) is 0 Å². The molecule has 0 aliphatic rings. The van der Waals surface area contributed by atoms with E-state index >= 15 is 0 Å². The molecule has 116 valence electrons. The molecule has 0 unspecified atom stereocenters. The zero-order valence-electron chi connectivity index (χ0n) is 12.8. The summed E-state index contributed by atoms with van der Waals surface area (Å²) in [7, 11) is 0. The number of halogens is 1. The molecule has 4 nitrogen and oxygen atoms in total. The van der Waals surface area contributed by atoms with E-state index in [-0.39, 0.29) is 5.82 Å². The lowest BCUT2D eigenvalue weighted by atomic mass is 10.1. The topological polar surface area (TPSA) is 49.8 Å². The molecular weight excluding hydrogens is 291 g/mol. The third kappa shape index (κ3) is 4.03. The normalized spacial score (nSPS) is 10.3. The van der Waals surface area contributed by atoms with Crippen molar-refractivity contribution in [2.75, 3.05) is 10.6 Å². The number of aryl methyl sites for hydroxylation is 1. The maximum Gasteiger partial charge on any atom is 0.135 e. The van der Waals surface area contributed by atoms with Gasteiger partial charge < -0.3 is 10.6 Å². The molecule has 2 aromatic carbocycles. The molecule has 0 aliphatic heterocycles. The van der Waals surface area contributed by atoms with E-state index in [2.05, 4.69) is 39.7 Å². The van der Waals surface area contributed by atoms with E-state index in [1.165, 1.54) is 29.6 Å². The molecule has 2 N–H and O–H groups in total. The molecule has 1 heterocycles. The molecular formula is C18H17FN4. The van der Waals surface area contributed by atoms with E-state index in [1.807, 2.05) is 12.1 Å². The quantitative estimate of drug-likeness (QED) is 0.738. The number of benzene rings is 2. The second-order valence-electron chi connectivity index (χ2n) is 5.20. The van der Waals surface area contributed by atoms with Crippen molar-refractivity contribution in [2.45, 2.75) is 13.5 Å². The summed E-state index contributed by atoms with van der Waals surface area (Å²) >= 11 is 0. The maximum atomic E-state index is 13.2. The van der Waals surface area contributed by atoms with Crippen LogP contribution in [0.15, 0.2) is 60.9 Å². The Hall–Kier alpha value is -2.95. The molecule has 5 heteroatoms. The summed E-state index contributed by atoms with van der Waals surface area (Å²) in [4.78, 5) is 8.36. The van der Waals surface area contributed by atoms with Crippen molar-refractivity contribution in [1.82, 2.24) is 9.97 Å². The first-order chi connectivity index (χ1) is 11.2. The summed E-state index contributed by atoms with van der Waals surface area (Å²) in [6, 6.07) is 16.2. The van der Waals surface area contributed by atoms with Crippen molar-refractivity contribution >= 4 is 17.3 Å². The Morgan fingerprint density at radius 1 is 0.957 bits per heavy atom. The molecule has 0 saturated carbocycles. The highest BCUT2D eigenvalue weighted by molar-refractivity contribution is 5.58. The third-order valence-electron chi connectivity index (χ3n) is 3.49. The number of nitrogens with one attached hydrogen (secondary N) is 2. The molecule has 0 radical (unpaired) electrons. The molecule has 0 spiro atoms.